The van der Waals surface area contributed by atoms with Crippen LogP contribution in [0.4, 0.5) is 0 Å². The fraction of sp³-hybridized carbons (Fsp3) is 0.900. The van der Waals surface area contributed by atoms with Gasteiger partial charge in [0.25, 0.3) is 0 Å². The van der Waals surface area contributed by atoms with Gasteiger partial charge in [-0.2, -0.15) is 0 Å². The van der Waals surface area contributed by atoms with Crippen molar-refractivity contribution in [2.24, 2.45) is 0 Å². The average molecular weight is 722 g/mol. The molecule has 2 radical (unpaired) electrons. The van der Waals surface area contributed by atoms with E-state index in [0.717, 1.165) is 0 Å². The van der Waals surface area contributed by atoms with Crippen molar-refractivity contribution in [3.05, 3.63) is 9.58 Å². The number of hydrogen-bond donors (Lipinski definition) is 0. The van der Waals surface area contributed by atoms with Crippen molar-refractivity contribution in [3.63, 3.8) is 0 Å². The van der Waals surface area contributed by atoms with Crippen LogP contribution in [-0.2, 0) is 39.0 Å². The summed E-state index contributed by atoms with van der Waals surface area (Å²) in [4.78, 5) is 4.12. The summed E-state index contributed by atoms with van der Waals surface area (Å²) in [6.45, 7) is 45.5. The molecule has 0 aromatic carbocycles. The Balaban J connectivity index is -0.000000120. The zero-order valence-electron chi connectivity index (χ0n) is 23.8. The smallest absolute Gasteiger partial charge is 0 e. The molecular weight excluding hydrogens is 667 g/mol. The van der Waals surface area contributed by atoms with Gasteiger partial charge in [-0.15, -0.1) is 48.4 Å². The Labute approximate surface area is 236 Å². The van der Waals surface area contributed by atoms with Crippen LogP contribution in [0.1, 0.15) is 0 Å². The van der Waals surface area contributed by atoms with Gasteiger partial charge in [-0.3, -0.25) is 0 Å². The molecule has 0 aromatic heterocycles. The second-order valence-electron chi connectivity index (χ2n) is 14.2. The second-order valence-corrected chi connectivity index (χ2v) is 47.2. The van der Waals surface area contributed by atoms with Crippen LogP contribution in [0, 0.1) is 9.58 Å². The van der Waals surface area contributed by atoms with Crippen molar-refractivity contribution >= 4 is 72.1 Å². The van der Waals surface area contributed by atoms with Crippen LogP contribution in [0.5, 0.6) is 0 Å². The third-order valence-corrected chi connectivity index (χ3v) is 40.5. The zero-order chi connectivity index (χ0) is 22.2. The molecule has 9 heteroatoms. The van der Waals surface area contributed by atoms with Gasteiger partial charge in [-0.05, 0) is 0 Å². The molecule has 0 N–H and O–H groups in total. The van der Waals surface area contributed by atoms with Crippen LogP contribution >= 0.6 is 0 Å². The third-order valence-electron chi connectivity index (χ3n) is 4.50. The normalized spacial score (nSPS) is 13.7. The molecule has 0 fully saturated rings. The first-order valence-corrected chi connectivity index (χ1v) is 31.5. The maximum atomic E-state index is 2.53. The Kier molecular flexibility index (Phi) is 20.6. The summed E-state index contributed by atoms with van der Waals surface area (Å²) in [5, 5.41) is 0. The first-order valence-electron chi connectivity index (χ1n) is 10.5. The molecule has 0 bridgehead atoms. The standard InChI is InChI=1S/2C10H27Si3.Te.2Zn/c2*1-11(2,3)10(12(4,5)6)13(7,8)9;;;/h2*1-9H3;;;/q2*-1;;;. The van der Waals surface area contributed by atoms with Crippen molar-refractivity contribution in [1.82, 2.24) is 0 Å². The molecule has 0 spiro atoms. The van der Waals surface area contributed by atoms with E-state index >= 15 is 0 Å². The van der Waals surface area contributed by atoms with E-state index in [9.17, 15) is 0 Å². The summed E-state index contributed by atoms with van der Waals surface area (Å²) in [5.41, 5.74) is 0. The molecule has 0 saturated heterocycles. The predicted molar refractivity (Wildman–Crippen MR) is 152 cm³/mol. The summed E-state index contributed by atoms with van der Waals surface area (Å²) in [6.07, 6.45) is 0. The van der Waals surface area contributed by atoms with Crippen molar-refractivity contribution in [2.45, 2.75) is 118 Å². The van der Waals surface area contributed by atoms with Gasteiger partial charge in [0.15, 0.2) is 0 Å². The van der Waals surface area contributed by atoms with Gasteiger partial charge in [0.1, 0.15) is 0 Å². The maximum Gasteiger partial charge on any atom is 0 e. The number of hydrogen-bond acceptors (Lipinski definition) is 0. The van der Waals surface area contributed by atoms with Crippen molar-refractivity contribution in [2.75, 3.05) is 0 Å². The first-order chi connectivity index (χ1) is 10.7. The Morgan fingerprint density at radius 3 is 0.345 bits per heavy atom. The summed E-state index contributed by atoms with van der Waals surface area (Å²) in [5.74, 6) is 0. The summed E-state index contributed by atoms with van der Waals surface area (Å²) >= 11 is 0. The average Bonchev–Trinajstić information content (AvgIpc) is 1.97. The van der Waals surface area contributed by atoms with Gasteiger partial charge in [0, 0.05) is 62.6 Å². The largest absolute Gasteiger partial charge is 0.311 e. The van der Waals surface area contributed by atoms with E-state index in [1.807, 2.05) is 0 Å². The van der Waals surface area contributed by atoms with Gasteiger partial charge in [-0.1, -0.05) is 118 Å². The van der Waals surface area contributed by atoms with Gasteiger partial charge < -0.3 is 9.58 Å². The summed E-state index contributed by atoms with van der Waals surface area (Å²) < 4.78 is 0. The molecule has 170 valence electrons. The molecule has 0 aromatic rings. The molecule has 0 unspecified atom stereocenters. The Morgan fingerprint density at radius 1 is 0.276 bits per heavy atom. The minimum absolute atomic E-state index is 0. The molecule has 0 saturated carbocycles. The van der Waals surface area contributed by atoms with Crippen molar-refractivity contribution < 1.29 is 39.0 Å². The zero-order valence-corrected chi connectivity index (χ0v) is 38.1. The van der Waals surface area contributed by atoms with Crippen LogP contribution in [-0.4, -0.2) is 72.1 Å². The van der Waals surface area contributed by atoms with Crippen LogP contribution in [0.3, 0.4) is 0 Å². The molecular formula is C20H54Si6TeZn2-2. The molecule has 0 atom stereocenters. The minimum atomic E-state index is -1.02. The molecule has 0 heterocycles. The van der Waals surface area contributed by atoms with Crippen LogP contribution < -0.4 is 0 Å². The van der Waals surface area contributed by atoms with E-state index in [1.165, 1.54) is 0 Å². The van der Waals surface area contributed by atoms with Gasteiger partial charge in [0.2, 0.25) is 0 Å². The van der Waals surface area contributed by atoms with Gasteiger partial charge >= 0.3 is 0 Å². The van der Waals surface area contributed by atoms with Crippen LogP contribution in [0.2, 0.25) is 118 Å². The predicted octanol–water partition coefficient (Wildman–Crippen LogP) is 8.00. The monoisotopic (exact) mass is 720 g/mol. The van der Waals surface area contributed by atoms with Crippen molar-refractivity contribution in [1.29, 1.82) is 0 Å². The van der Waals surface area contributed by atoms with Crippen LogP contribution in [0.25, 0.3) is 0 Å². The SMILES string of the molecule is C[Si](C)(C)[C-]([Si](C)(C)C)[Si](C)(C)C.C[Si](C)(C)[C-]([Si](C)(C)C)[Si](C)(C)C.[Te].[Zn].[Zn]. The fourth-order valence-electron chi connectivity index (χ4n) is 6.75. The van der Waals surface area contributed by atoms with Gasteiger partial charge in [-0.25, -0.2) is 0 Å². The molecule has 0 aliphatic rings. The van der Waals surface area contributed by atoms with Crippen molar-refractivity contribution in [3.8, 4) is 0 Å². The first kappa shape index (κ1) is 42.5. The van der Waals surface area contributed by atoms with E-state index in [1.54, 1.807) is 0 Å². The van der Waals surface area contributed by atoms with E-state index < -0.39 is 48.4 Å². The maximum absolute atomic E-state index is 2.53. The van der Waals surface area contributed by atoms with E-state index in [2.05, 4.69) is 127 Å². The van der Waals surface area contributed by atoms with Crippen LogP contribution in [0.15, 0.2) is 0 Å². The molecule has 0 rings (SSSR count). The number of rotatable bonds is 6. The molecule has 0 amide bonds. The minimum Gasteiger partial charge on any atom is -0.311 e. The summed E-state index contributed by atoms with van der Waals surface area (Å²) in [6, 6.07) is 0. The quantitative estimate of drug-likeness (QED) is 0.193. The van der Waals surface area contributed by atoms with E-state index in [4.69, 9.17) is 0 Å². The Bertz CT molecular complexity index is 324. The Morgan fingerprint density at radius 2 is 0.345 bits per heavy atom. The fourth-order valence-corrected chi connectivity index (χ4v) is 60.8. The third kappa shape index (κ3) is 17.4. The summed E-state index contributed by atoms with van der Waals surface area (Å²) in [7, 11) is -6.10. The Hall–Kier alpha value is 3.34. The molecule has 0 aliphatic heterocycles. The van der Waals surface area contributed by atoms with Gasteiger partial charge in [0.05, 0.1) is 0 Å². The molecule has 0 aliphatic carbocycles. The van der Waals surface area contributed by atoms with E-state index in [0.29, 0.717) is 0 Å². The second kappa shape index (κ2) is 14.0. The van der Waals surface area contributed by atoms with E-state index in [-0.39, 0.29) is 62.6 Å². The molecule has 29 heavy (non-hydrogen) atoms. The molecule has 0 nitrogen and oxygen atoms in total. The topological polar surface area (TPSA) is 0 Å².